The fourth-order valence-electron chi connectivity index (χ4n) is 2.65. The summed E-state index contributed by atoms with van der Waals surface area (Å²) in [6.45, 7) is 2.09. The molecule has 1 N–H and O–H groups in total. The summed E-state index contributed by atoms with van der Waals surface area (Å²) >= 11 is 5.25. The smallest absolute Gasteiger partial charge is 0.416 e. The quantitative estimate of drug-likeness (QED) is 0.652. The molecule has 4 nitrogen and oxygen atoms in total. The molecule has 0 fully saturated rings. The summed E-state index contributed by atoms with van der Waals surface area (Å²) in [6.07, 6.45) is 2.26. The molecule has 154 valence electrons. The highest BCUT2D eigenvalue weighted by atomic mass is 32.1. The fraction of sp³-hybridized carbons (Fsp3) is 0.333. The summed E-state index contributed by atoms with van der Waals surface area (Å²) in [7, 11) is 1.51. The lowest BCUT2D eigenvalue weighted by Crippen LogP contribution is -2.21. The molecule has 0 radical (unpaired) electrons. The molecule has 1 atom stereocenters. The Labute approximate surface area is 173 Å². The highest BCUT2D eigenvalue weighted by molar-refractivity contribution is 7.80. The minimum absolute atomic E-state index is 0.196. The van der Waals surface area contributed by atoms with Crippen LogP contribution in [0.1, 0.15) is 30.9 Å². The van der Waals surface area contributed by atoms with Crippen molar-refractivity contribution in [3.8, 4) is 6.07 Å². The number of alkyl halides is 3. The maximum Gasteiger partial charge on any atom is 0.416 e. The molecule has 0 aromatic heterocycles. The Hall–Kier alpha value is -2.63. The summed E-state index contributed by atoms with van der Waals surface area (Å²) in [5, 5.41) is 12.1. The van der Waals surface area contributed by atoms with E-state index in [9.17, 15) is 13.2 Å². The van der Waals surface area contributed by atoms with Crippen LogP contribution in [-0.2, 0) is 15.7 Å². The second-order valence-corrected chi connectivity index (χ2v) is 6.74. The molecule has 0 saturated carbocycles. The van der Waals surface area contributed by atoms with Gasteiger partial charge in [0.05, 0.1) is 31.0 Å². The fourth-order valence-corrected chi connectivity index (χ4v) is 2.95. The number of thiocarbonyl (C=S) groups is 1. The van der Waals surface area contributed by atoms with Crippen molar-refractivity contribution in [1.82, 2.24) is 5.32 Å². The van der Waals surface area contributed by atoms with Crippen LogP contribution in [0.5, 0.6) is 0 Å². The van der Waals surface area contributed by atoms with Crippen LogP contribution in [0.15, 0.2) is 59.5 Å². The molecule has 1 aromatic rings. The van der Waals surface area contributed by atoms with Crippen LogP contribution in [-0.4, -0.2) is 24.8 Å². The molecule has 8 heteroatoms. The number of hydrogen-bond acceptors (Lipinski definition) is 4. The molecular weight excluding hydrogens is 401 g/mol. The normalized spacial score (nSPS) is 17.5. The van der Waals surface area contributed by atoms with Gasteiger partial charge in [-0.15, -0.1) is 0 Å². The average molecular weight is 422 g/mol. The van der Waals surface area contributed by atoms with E-state index in [0.29, 0.717) is 34.9 Å². The maximum atomic E-state index is 12.6. The van der Waals surface area contributed by atoms with Crippen molar-refractivity contribution in [3.63, 3.8) is 0 Å². The summed E-state index contributed by atoms with van der Waals surface area (Å²) in [6, 6.07) is 6.78. The Kier molecular flexibility index (Phi) is 8.00. The number of benzene rings is 1. The number of ether oxygens (including phenoxy) is 2. The van der Waals surface area contributed by atoms with Gasteiger partial charge >= 0.3 is 6.18 Å². The van der Waals surface area contributed by atoms with Crippen LogP contribution < -0.4 is 5.32 Å². The number of nitrogens with zero attached hydrogens (tertiary/aromatic N) is 1. The Morgan fingerprint density at radius 1 is 1.34 bits per heavy atom. The third kappa shape index (κ3) is 6.73. The Morgan fingerprint density at radius 3 is 2.62 bits per heavy atom. The maximum absolute atomic E-state index is 12.6. The van der Waals surface area contributed by atoms with Gasteiger partial charge in [0.2, 0.25) is 0 Å². The Bertz CT molecular complexity index is 865. The van der Waals surface area contributed by atoms with E-state index in [-0.39, 0.29) is 6.10 Å². The molecule has 1 aromatic carbocycles. The van der Waals surface area contributed by atoms with Crippen LogP contribution in [0.2, 0.25) is 0 Å². The number of hydrogen-bond donors (Lipinski definition) is 1. The predicted molar refractivity (Wildman–Crippen MR) is 108 cm³/mol. The third-order valence-corrected chi connectivity index (χ3v) is 4.57. The van der Waals surface area contributed by atoms with Crippen molar-refractivity contribution in [2.45, 2.75) is 32.0 Å². The monoisotopic (exact) mass is 422 g/mol. The highest BCUT2D eigenvalue weighted by Gasteiger charge is 2.30. The van der Waals surface area contributed by atoms with Gasteiger partial charge in [-0.25, -0.2) is 0 Å². The summed E-state index contributed by atoms with van der Waals surface area (Å²) < 4.78 is 49.0. The highest BCUT2D eigenvalue weighted by Crippen LogP contribution is 2.29. The topological polar surface area (TPSA) is 54.3 Å². The van der Waals surface area contributed by atoms with E-state index in [0.717, 1.165) is 24.3 Å². The lowest BCUT2D eigenvalue weighted by molar-refractivity contribution is -0.137. The van der Waals surface area contributed by atoms with E-state index >= 15 is 0 Å². The van der Waals surface area contributed by atoms with Crippen LogP contribution >= 0.6 is 12.2 Å². The van der Waals surface area contributed by atoms with Gasteiger partial charge in [0.15, 0.2) is 0 Å². The lowest BCUT2D eigenvalue weighted by atomic mass is 10.1. The largest absolute Gasteiger partial charge is 0.496 e. The first-order chi connectivity index (χ1) is 13.7. The third-order valence-electron chi connectivity index (χ3n) is 4.23. The number of halogens is 3. The SMILES string of the molecule is COC1=CC(OC/C=C(\C)NC(=S)c2ccc(C(F)(F)F)cc2)CCC=C1C#N. The van der Waals surface area contributed by atoms with E-state index in [1.54, 1.807) is 19.1 Å². The summed E-state index contributed by atoms with van der Waals surface area (Å²) in [5.74, 6) is 0.498. The standard InChI is InChI=1S/C21H21F3N2O2S/c1-14(26-20(29)15-6-8-17(9-7-15)21(22,23)24)10-11-28-18-5-3-4-16(13-25)19(12-18)27-2/h4,6-10,12,18H,3,5,11H2,1-2H3,(H,26,29)/b14-10+. The number of nitrogens with one attached hydrogen (secondary N) is 1. The average Bonchev–Trinajstić information content (AvgIpc) is 2.89. The number of methoxy groups -OCH3 is 1. The number of allylic oxidation sites excluding steroid dienone is 3. The molecule has 0 bridgehead atoms. The Morgan fingerprint density at radius 2 is 2.03 bits per heavy atom. The van der Waals surface area contributed by atoms with Crippen molar-refractivity contribution < 1.29 is 22.6 Å². The van der Waals surface area contributed by atoms with Crippen LogP contribution in [0.4, 0.5) is 13.2 Å². The van der Waals surface area contributed by atoms with E-state index in [1.165, 1.54) is 19.2 Å². The van der Waals surface area contributed by atoms with E-state index in [2.05, 4.69) is 11.4 Å². The van der Waals surface area contributed by atoms with Gasteiger partial charge < -0.3 is 14.8 Å². The second-order valence-electron chi connectivity index (χ2n) is 6.33. The second kappa shape index (κ2) is 10.2. The molecule has 0 heterocycles. The van der Waals surface area contributed by atoms with Gasteiger partial charge in [0.1, 0.15) is 16.8 Å². The zero-order valence-corrected chi connectivity index (χ0v) is 16.9. The summed E-state index contributed by atoms with van der Waals surface area (Å²) in [5.41, 5.74) is 0.989. The molecule has 2 rings (SSSR count). The summed E-state index contributed by atoms with van der Waals surface area (Å²) in [4.78, 5) is 0.325. The molecule has 1 aliphatic carbocycles. The van der Waals surface area contributed by atoms with E-state index < -0.39 is 11.7 Å². The zero-order chi connectivity index (χ0) is 21.4. The molecule has 0 saturated heterocycles. The molecule has 1 aliphatic rings. The lowest BCUT2D eigenvalue weighted by Gasteiger charge is -2.13. The minimum atomic E-state index is -4.38. The van der Waals surface area contributed by atoms with Crippen LogP contribution in [0.3, 0.4) is 0 Å². The first kappa shape index (κ1) is 22.7. The van der Waals surface area contributed by atoms with Crippen molar-refractivity contribution >= 4 is 17.2 Å². The van der Waals surface area contributed by atoms with Gasteiger partial charge in [-0.3, -0.25) is 0 Å². The van der Waals surface area contributed by atoms with E-state index in [1.807, 2.05) is 6.08 Å². The Balaban J connectivity index is 1.90. The molecular formula is C21H21F3N2O2S. The van der Waals surface area contributed by atoms with Crippen molar-refractivity contribution in [3.05, 3.63) is 70.6 Å². The van der Waals surface area contributed by atoms with Gasteiger partial charge in [-0.2, -0.15) is 18.4 Å². The van der Waals surface area contributed by atoms with Gasteiger partial charge in [-0.1, -0.05) is 30.4 Å². The predicted octanol–water partition coefficient (Wildman–Crippen LogP) is 5.03. The van der Waals surface area contributed by atoms with Crippen molar-refractivity contribution in [1.29, 1.82) is 5.26 Å². The van der Waals surface area contributed by atoms with Gasteiger partial charge in [0, 0.05) is 11.3 Å². The van der Waals surface area contributed by atoms with Gasteiger partial charge in [0.25, 0.3) is 0 Å². The molecule has 0 spiro atoms. The van der Waals surface area contributed by atoms with E-state index in [4.69, 9.17) is 27.0 Å². The molecule has 29 heavy (non-hydrogen) atoms. The number of rotatable bonds is 6. The van der Waals surface area contributed by atoms with Crippen molar-refractivity contribution in [2.75, 3.05) is 13.7 Å². The first-order valence-corrected chi connectivity index (χ1v) is 9.29. The van der Waals surface area contributed by atoms with Gasteiger partial charge in [-0.05, 0) is 44.1 Å². The molecule has 1 unspecified atom stereocenters. The van der Waals surface area contributed by atoms with Crippen LogP contribution in [0.25, 0.3) is 0 Å². The van der Waals surface area contributed by atoms with Crippen molar-refractivity contribution in [2.24, 2.45) is 0 Å². The minimum Gasteiger partial charge on any atom is -0.496 e. The molecule has 0 aliphatic heterocycles. The zero-order valence-electron chi connectivity index (χ0n) is 16.0. The molecule has 0 amide bonds. The first-order valence-electron chi connectivity index (χ1n) is 8.88. The number of nitriles is 1. The van der Waals surface area contributed by atoms with Crippen LogP contribution in [0, 0.1) is 11.3 Å².